The van der Waals surface area contributed by atoms with E-state index >= 15 is 0 Å². The summed E-state index contributed by atoms with van der Waals surface area (Å²) < 4.78 is 1.75. The van der Waals surface area contributed by atoms with E-state index in [9.17, 15) is 0 Å². The summed E-state index contributed by atoms with van der Waals surface area (Å²) in [5.41, 5.74) is 5.29. The molecule has 0 saturated carbocycles. The molecule has 6 heteroatoms. The molecule has 0 saturated heterocycles. The number of rotatable bonds is 3. The second kappa shape index (κ2) is 7.21. The number of nitrogens with zero attached hydrogens (tertiary/aromatic N) is 2. The molecule has 0 aliphatic heterocycles. The van der Waals surface area contributed by atoms with E-state index in [0.717, 1.165) is 12.4 Å². The van der Waals surface area contributed by atoms with Gasteiger partial charge >= 0.3 is 0 Å². The van der Waals surface area contributed by atoms with Crippen LogP contribution in [0.1, 0.15) is 0 Å². The van der Waals surface area contributed by atoms with E-state index in [4.69, 9.17) is 5.73 Å². The highest BCUT2D eigenvalue weighted by Crippen LogP contribution is 1.98. The molecule has 0 aromatic carbocycles. The summed E-state index contributed by atoms with van der Waals surface area (Å²) in [6.07, 6.45) is 1.89. The molecule has 0 unspecified atom stereocenters. The molecule has 0 fully saturated rings. The number of nitrogens with two attached hydrogens (primary N) is 1. The monoisotopic (exact) mass is 212 g/mol. The Balaban J connectivity index is 0. The average molecular weight is 213 g/mol. The first-order valence-corrected chi connectivity index (χ1v) is 3.26. The molecular weight excluding hydrogens is 199 g/mol. The molecule has 12 heavy (non-hydrogen) atoms. The van der Waals surface area contributed by atoms with Gasteiger partial charge in [0.15, 0.2) is 0 Å². The van der Waals surface area contributed by atoms with Crippen molar-refractivity contribution in [3.63, 3.8) is 0 Å². The summed E-state index contributed by atoms with van der Waals surface area (Å²) in [7, 11) is 1.88. The minimum Gasteiger partial charge on any atom is -0.367 e. The molecular formula is C6H14Cl2N4. The van der Waals surface area contributed by atoms with Crippen molar-refractivity contribution in [2.24, 2.45) is 12.8 Å². The third kappa shape index (κ3) is 4.43. The molecule has 0 bridgehead atoms. The normalized spacial score (nSPS) is 8.17. The number of halogens is 2. The van der Waals surface area contributed by atoms with E-state index in [-0.39, 0.29) is 24.8 Å². The van der Waals surface area contributed by atoms with E-state index in [1.54, 1.807) is 4.68 Å². The van der Waals surface area contributed by atoms with Gasteiger partial charge < -0.3 is 11.1 Å². The summed E-state index contributed by atoms with van der Waals surface area (Å²) >= 11 is 0. The van der Waals surface area contributed by atoms with Crippen molar-refractivity contribution < 1.29 is 0 Å². The quantitative estimate of drug-likeness (QED) is 0.774. The molecule has 0 atom stereocenters. The van der Waals surface area contributed by atoms with Gasteiger partial charge in [-0.25, -0.2) is 0 Å². The van der Waals surface area contributed by atoms with Crippen molar-refractivity contribution in [2.75, 3.05) is 18.4 Å². The number of aryl methyl sites for hydroxylation is 1. The Morgan fingerprint density at radius 1 is 1.58 bits per heavy atom. The zero-order chi connectivity index (χ0) is 7.40. The molecule has 0 radical (unpaired) electrons. The molecule has 4 nitrogen and oxygen atoms in total. The van der Waals surface area contributed by atoms with E-state index in [0.29, 0.717) is 6.54 Å². The molecule has 0 aliphatic rings. The lowest BCUT2D eigenvalue weighted by Gasteiger charge is -1.96. The fourth-order valence-corrected chi connectivity index (χ4v) is 0.710. The first-order valence-electron chi connectivity index (χ1n) is 3.26. The molecule has 0 spiro atoms. The molecule has 1 rings (SSSR count). The highest BCUT2D eigenvalue weighted by atomic mass is 35.5. The highest BCUT2D eigenvalue weighted by molar-refractivity contribution is 5.85. The van der Waals surface area contributed by atoms with E-state index < -0.39 is 0 Å². The summed E-state index contributed by atoms with van der Waals surface area (Å²) in [5, 5.41) is 7.16. The third-order valence-corrected chi connectivity index (χ3v) is 1.16. The molecule has 0 aliphatic carbocycles. The molecule has 1 heterocycles. The Bertz CT molecular complexity index is 201. The Labute approximate surface area is 84.3 Å². The standard InChI is InChI=1S/C6H12N4.2ClH/c1-10-5-2-6(9-10)8-4-3-7;;/h2,5H,3-4,7H2,1H3,(H,8,9);2*1H. The first-order chi connectivity index (χ1) is 4.83. The fourth-order valence-electron chi connectivity index (χ4n) is 0.710. The zero-order valence-electron chi connectivity index (χ0n) is 6.86. The summed E-state index contributed by atoms with van der Waals surface area (Å²) in [5.74, 6) is 0.882. The maximum Gasteiger partial charge on any atom is 0.148 e. The van der Waals surface area contributed by atoms with Crippen LogP contribution in [0.5, 0.6) is 0 Å². The highest BCUT2D eigenvalue weighted by Gasteiger charge is 1.91. The SMILES string of the molecule is Cl.Cl.Cn1ccc(NCCN)n1. The van der Waals surface area contributed by atoms with Crippen LogP contribution in [-0.2, 0) is 7.05 Å². The largest absolute Gasteiger partial charge is 0.367 e. The Morgan fingerprint density at radius 3 is 2.67 bits per heavy atom. The smallest absolute Gasteiger partial charge is 0.148 e. The Morgan fingerprint density at radius 2 is 2.25 bits per heavy atom. The average Bonchev–Trinajstić information content (AvgIpc) is 2.31. The van der Waals surface area contributed by atoms with Gasteiger partial charge in [0.05, 0.1) is 0 Å². The third-order valence-electron chi connectivity index (χ3n) is 1.16. The van der Waals surface area contributed by atoms with Crippen molar-refractivity contribution in [3.8, 4) is 0 Å². The molecule has 1 aromatic rings. The Hall–Kier alpha value is -0.450. The van der Waals surface area contributed by atoms with Gasteiger partial charge in [0.25, 0.3) is 0 Å². The van der Waals surface area contributed by atoms with Crippen molar-refractivity contribution in [3.05, 3.63) is 12.3 Å². The van der Waals surface area contributed by atoms with Crippen LogP contribution in [0.25, 0.3) is 0 Å². The predicted molar refractivity (Wildman–Crippen MR) is 55.2 cm³/mol. The number of hydrogen-bond donors (Lipinski definition) is 2. The van der Waals surface area contributed by atoms with Gasteiger partial charge in [0.1, 0.15) is 5.82 Å². The van der Waals surface area contributed by atoms with Crippen LogP contribution in [0.2, 0.25) is 0 Å². The second-order valence-electron chi connectivity index (χ2n) is 2.09. The number of aromatic nitrogens is 2. The van der Waals surface area contributed by atoms with Gasteiger partial charge in [0.2, 0.25) is 0 Å². The summed E-state index contributed by atoms with van der Waals surface area (Å²) in [6, 6.07) is 1.91. The maximum absolute atomic E-state index is 5.29. The lowest BCUT2D eigenvalue weighted by atomic mass is 10.6. The van der Waals surface area contributed by atoms with E-state index in [1.807, 2.05) is 19.3 Å². The lowest BCUT2D eigenvalue weighted by Crippen LogP contribution is -2.13. The summed E-state index contributed by atoms with van der Waals surface area (Å²) in [6.45, 7) is 1.41. The minimum atomic E-state index is 0. The lowest BCUT2D eigenvalue weighted by molar-refractivity contribution is 0.768. The second-order valence-corrected chi connectivity index (χ2v) is 2.09. The number of hydrogen-bond acceptors (Lipinski definition) is 3. The number of anilines is 1. The van der Waals surface area contributed by atoms with Crippen LogP contribution < -0.4 is 11.1 Å². The van der Waals surface area contributed by atoms with Crippen molar-refractivity contribution in [2.45, 2.75) is 0 Å². The number of nitrogens with one attached hydrogen (secondary N) is 1. The van der Waals surface area contributed by atoms with Crippen LogP contribution in [0, 0.1) is 0 Å². The Kier molecular flexibility index (Phi) is 8.47. The topological polar surface area (TPSA) is 55.9 Å². The van der Waals surface area contributed by atoms with Crippen LogP contribution in [0.15, 0.2) is 12.3 Å². The molecule has 1 aromatic heterocycles. The van der Waals surface area contributed by atoms with Gasteiger partial charge in [-0.2, -0.15) is 5.10 Å². The van der Waals surface area contributed by atoms with Gasteiger partial charge in [-0.15, -0.1) is 24.8 Å². The van der Waals surface area contributed by atoms with Crippen molar-refractivity contribution >= 4 is 30.6 Å². The van der Waals surface area contributed by atoms with E-state index in [1.165, 1.54) is 0 Å². The molecule has 3 N–H and O–H groups in total. The first kappa shape index (κ1) is 14.1. The molecule has 0 amide bonds. The van der Waals surface area contributed by atoms with Crippen molar-refractivity contribution in [1.29, 1.82) is 0 Å². The van der Waals surface area contributed by atoms with Crippen molar-refractivity contribution in [1.82, 2.24) is 9.78 Å². The maximum atomic E-state index is 5.29. The van der Waals surface area contributed by atoms with Gasteiger partial charge in [0, 0.05) is 32.4 Å². The van der Waals surface area contributed by atoms with Crippen LogP contribution >= 0.6 is 24.8 Å². The van der Waals surface area contributed by atoms with Crippen LogP contribution in [-0.4, -0.2) is 22.9 Å². The molecule has 72 valence electrons. The minimum absolute atomic E-state index is 0. The zero-order valence-corrected chi connectivity index (χ0v) is 8.49. The van der Waals surface area contributed by atoms with E-state index in [2.05, 4.69) is 10.4 Å². The van der Waals surface area contributed by atoms with Gasteiger partial charge in [-0.1, -0.05) is 0 Å². The van der Waals surface area contributed by atoms with Gasteiger partial charge in [-0.05, 0) is 0 Å². The fraction of sp³-hybridized carbons (Fsp3) is 0.500. The predicted octanol–water partition coefficient (Wildman–Crippen LogP) is 0.634. The van der Waals surface area contributed by atoms with Crippen LogP contribution in [0.4, 0.5) is 5.82 Å². The summed E-state index contributed by atoms with van der Waals surface area (Å²) in [4.78, 5) is 0. The van der Waals surface area contributed by atoms with Crippen LogP contribution in [0.3, 0.4) is 0 Å². The van der Waals surface area contributed by atoms with Gasteiger partial charge in [-0.3, -0.25) is 4.68 Å².